The Morgan fingerprint density at radius 2 is 1.96 bits per heavy atom. The lowest BCUT2D eigenvalue weighted by Crippen LogP contribution is -2.27. The molecule has 0 spiro atoms. The van der Waals surface area contributed by atoms with E-state index in [1.807, 2.05) is 34.9 Å². The maximum Gasteiger partial charge on any atom is 0.270 e. The fourth-order valence-electron chi connectivity index (χ4n) is 2.13. The van der Waals surface area contributed by atoms with Gasteiger partial charge in [-0.2, -0.15) is 0 Å². The molecule has 0 radical (unpaired) electrons. The van der Waals surface area contributed by atoms with Crippen LogP contribution in [0.5, 0.6) is 5.75 Å². The Kier molecular flexibility index (Phi) is 4.92. The third-order valence-electron chi connectivity index (χ3n) is 3.24. The topological polar surface area (TPSA) is 85.1 Å². The summed E-state index contributed by atoms with van der Waals surface area (Å²) in [5.41, 5.74) is 1.34. The second-order valence-corrected chi connectivity index (χ2v) is 4.76. The number of para-hydroxylation sites is 1. The molecule has 3 rings (SSSR count). The normalized spacial score (nSPS) is 10.1. The molecule has 0 saturated heterocycles. The quantitative estimate of drug-likeness (QED) is 0.451. The van der Waals surface area contributed by atoms with Gasteiger partial charge in [-0.25, -0.2) is 4.57 Å². The van der Waals surface area contributed by atoms with Crippen molar-refractivity contribution in [3.8, 4) is 11.4 Å². The standard InChI is InChI=1S/C15H12N4O3.ClH/c20-15-7-6-14(19(21)22)8-12(15)9-18-11-17(10-16-18)13-4-2-1-3-5-13;/h1-8,10-11H,9H2;1H/p+1. The summed E-state index contributed by atoms with van der Waals surface area (Å²) in [5, 5.41) is 24.8. The van der Waals surface area contributed by atoms with Crippen LogP contribution >= 0.6 is 12.4 Å². The van der Waals surface area contributed by atoms with Crippen LogP contribution in [0.1, 0.15) is 5.56 Å². The van der Waals surface area contributed by atoms with E-state index in [4.69, 9.17) is 0 Å². The fraction of sp³-hybridized carbons (Fsp3) is 0.0667. The van der Waals surface area contributed by atoms with Gasteiger partial charge in [0.05, 0.1) is 4.92 Å². The summed E-state index contributed by atoms with van der Waals surface area (Å²) in [4.78, 5) is 10.3. The smallest absolute Gasteiger partial charge is 0.270 e. The molecule has 0 aliphatic heterocycles. The van der Waals surface area contributed by atoms with Gasteiger partial charge in [0.25, 0.3) is 12.0 Å². The van der Waals surface area contributed by atoms with Crippen molar-refractivity contribution in [2.45, 2.75) is 6.54 Å². The molecule has 0 aliphatic carbocycles. The average Bonchev–Trinajstić information content (AvgIpc) is 2.99. The summed E-state index contributed by atoms with van der Waals surface area (Å²) in [6.07, 6.45) is 3.40. The van der Waals surface area contributed by atoms with Gasteiger partial charge in [-0.15, -0.1) is 17.1 Å². The molecule has 0 atom stereocenters. The summed E-state index contributed by atoms with van der Waals surface area (Å²) in [7, 11) is 0. The molecule has 1 aromatic heterocycles. The lowest BCUT2D eigenvalue weighted by atomic mass is 10.2. The van der Waals surface area contributed by atoms with Crippen molar-refractivity contribution in [1.29, 1.82) is 0 Å². The van der Waals surface area contributed by atoms with Crippen molar-refractivity contribution in [1.82, 2.24) is 9.78 Å². The number of nitro benzene ring substituents is 1. The Labute approximate surface area is 138 Å². The second kappa shape index (κ2) is 6.89. The third kappa shape index (κ3) is 3.64. The molecule has 2 aromatic carbocycles. The van der Waals surface area contributed by atoms with E-state index in [0.29, 0.717) is 5.56 Å². The first kappa shape index (κ1) is 16.4. The molecular formula is C15H14ClN4O3+. The van der Waals surface area contributed by atoms with E-state index >= 15 is 0 Å². The summed E-state index contributed by atoms with van der Waals surface area (Å²) < 4.78 is 3.43. The number of hydrogen-bond donors (Lipinski definition) is 1. The zero-order valence-electron chi connectivity index (χ0n) is 11.9. The lowest BCUT2D eigenvalue weighted by Gasteiger charge is -2.00. The van der Waals surface area contributed by atoms with Gasteiger partial charge in [0, 0.05) is 22.8 Å². The molecule has 3 aromatic rings. The predicted molar refractivity (Wildman–Crippen MR) is 84.9 cm³/mol. The minimum Gasteiger partial charge on any atom is -0.508 e. The van der Waals surface area contributed by atoms with Crippen molar-refractivity contribution >= 4 is 18.1 Å². The number of halogens is 1. The van der Waals surface area contributed by atoms with E-state index in [1.54, 1.807) is 17.3 Å². The number of phenols is 1. The molecule has 0 saturated carbocycles. The van der Waals surface area contributed by atoms with Crippen LogP contribution in [-0.4, -0.2) is 19.8 Å². The van der Waals surface area contributed by atoms with Gasteiger partial charge in [-0.3, -0.25) is 10.1 Å². The van der Waals surface area contributed by atoms with Gasteiger partial charge in [-0.05, 0) is 18.2 Å². The van der Waals surface area contributed by atoms with Crippen LogP contribution in [-0.2, 0) is 6.54 Å². The van der Waals surface area contributed by atoms with E-state index in [9.17, 15) is 15.2 Å². The van der Waals surface area contributed by atoms with E-state index in [1.165, 1.54) is 18.2 Å². The third-order valence-corrected chi connectivity index (χ3v) is 3.24. The van der Waals surface area contributed by atoms with Crippen molar-refractivity contribution in [2.75, 3.05) is 0 Å². The zero-order valence-corrected chi connectivity index (χ0v) is 12.8. The summed E-state index contributed by atoms with van der Waals surface area (Å²) in [6, 6.07) is 13.6. The minimum absolute atomic E-state index is 0. The summed E-state index contributed by atoms with van der Waals surface area (Å²) in [5.74, 6) is 0.00682. The van der Waals surface area contributed by atoms with Crippen molar-refractivity contribution in [3.05, 3.63) is 76.9 Å². The number of hydrogen-bond acceptors (Lipinski definition) is 4. The fourth-order valence-corrected chi connectivity index (χ4v) is 2.13. The number of rotatable bonds is 4. The molecule has 23 heavy (non-hydrogen) atoms. The molecule has 0 aliphatic rings. The van der Waals surface area contributed by atoms with Gasteiger partial charge in [-0.1, -0.05) is 18.2 Å². The number of aromatic nitrogens is 3. The number of nitro groups is 1. The number of nitrogens with zero attached hydrogens (tertiary/aromatic N) is 4. The molecule has 0 fully saturated rings. The maximum atomic E-state index is 10.8. The number of phenolic OH excluding ortho intramolecular Hbond substituents is 1. The molecule has 0 unspecified atom stereocenters. The Bertz CT molecular complexity index is 821. The molecule has 8 heteroatoms. The van der Waals surface area contributed by atoms with Crippen LogP contribution in [0.4, 0.5) is 5.69 Å². The Morgan fingerprint density at radius 3 is 2.65 bits per heavy atom. The lowest BCUT2D eigenvalue weighted by molar-refractivity contribution is -0.596. The second-order valence-electron chi connectivity index (χ2n) is 4.76. The first-order chi connectivity index (χ1) is 10.6. The van der Waals surface area contributed by atoms with Crippen LogP contribution in [0, 0.1) is 10.1 Å². The summed E-state index contributed by atoms with van der Waals surface area (Å²) >= 11 is 0. The predicted octanol–water partition coefficient (Wildman–Crippen LogP) is 2.24. The van der Waals surface area contributed by atoms with Gasteiger partial charge >= 0.3 is 0 Å². The Hall–Kier alpha value is -2.93. The van der Waals surface area contributed by atoms with Crippen LogP contribution in [0.2, 0.25) is 0 Å². The van der Waals surface area contributed by atoms with Gasteiger partial charge in [0.2, 0.25) is 6.33 Å². The monoisotopic (exact) mass is 333 g/mol. The Balaban J connectivity index is 0.00000192. The highest BCUT2D eigenvalue weighted by Crippen LogP contribution is 2.23. The largest absolute Gasteiger partial charge is 0.508 e. The molecule has 7 nitrogen and oxygen atoms in total. The van der Waals surface area contributed by atoms with E-state index < -0.39 is 4.92 Å². The van der Waals surface area contributed by atoms with Crippen LogP contribution < -0.4 is 4.57 Å². The summed E-state index contributed by atoms with van der Waals surface area (Å²) in [6.45, 7) is 0.243. The first-order valence-electron chi connectivity index (χ1n) is 6.59. The van der Waals surface area contributed by atoms with Crippen molar-refractivity contribution in [2.24, 2.45) is 0 Å². The number of non-ortho nitro benzene ring substituents is 1. The molecule has 0 bridgehead atoms. The van der Waals surface area contributed by atoms with E-state index in [-0.39, 0.29) is 30.4 Å². The van der Waals surface area contributed by atoms with Crippen LogP contribution in [0.3, 0.4) is 0 Å². The Morgan fingerprint density at radius 1 is 1.22 bits per heavy atom. The number of benzene rings is 2. The SMILES string of the molecule is Cl.O=[N+]([O-])c1ccc(O)c(Cn2c[n+](-c3ccccc3)cn2)c1. The molecule has 1 N–H and O–H groups in total. The van der Waals surface area contributed by atoms with Gasteiger partial charge in [0.15, 0.2) is 0 Å². The number of aromatic hydroxyl groups is 1. The van der Waals surface area contributed by atoms with Crippen LogP contribution in [0.25, 0.3) is 5.69 Å². The van der Waals surface area contributed by atoms with E-state index in [2.05, 4.69) is 5.10 Å². The molecule has 118 valence electrons. The molecule has 0 amide bonds. The van der Waals surface area contributed by atoms with Gasteiger partial charge in [0.1, 0.15) is 18.0 Å². The van der Waals surface area contributed by atoms with Crippen LogP contribution in [0.15, 0.2) is 61.2 Å². The van der Waals surface area contributed by atoms with Crippen molar-refractivity contribution < 1.29 is 14.6 Å². The van der Waals surface area contributed by atoms with E-state index in [0.717, 1.165) is 5.69 Å². The van der Waals surface area contributed by atoms with Crippen molar-refractivity contribution in [3.63, 3.8) is 0 Å². The molecule has 1 heterocycles. The molecular weight excluding hydrogens is 320 g/mol. The highest BCUT2D eigenvalue weighted by Gasteiger charge is 2.14. The zero-order chi connectivity index (χ0) is 15.5. The average molecular weight is 334 g/mol. The van der Waals surface area contributed by atoms with Gasteiger partial charge < -0.3 is 5.11 Å². The maximum absolute atomic E-state index is 10.8. The first-order valence-corrected chi connectivity index (χ1v) is 6.59. The highest BCUT2D eigenvalue weighted by atomic mass is 35.5. The minimum atomic E-state index is -0.490. The highest BCUT2D eigenvalue weighted by molar-refractivity contribution is 5.85.